The summed E-state index contributed by atoms with van der Waals surface area (Å²) >= 11 is 0. The van der Waals surface area contributed by atoms with Crippen LogP contribution in [0.15, 0.2) is 0 Å². The molecule has 3 atom stereocenters. The van der Waals surface area contributed by atoms with Crippen molar-refractivity contribution in [2.75, 3.05) is 13.1 Å². The van der Waals surface area contributed by atoms with Crippen LogP contribution in [0.2, 0.25) is 0 Å². The van der Waals surface area contributed by atoms with Crippen molar-refractivity contribution in [2.45, 2.75) is 32.7 Å². The molecule has 0 spiro atoms. The molecule has 2 rings (SSSR count). The molecule has 0 aromatic rings. The highest BCUT2D eigenvalue weighted by Gasteiger charge is 2.46. The fraction of sp³-hybridized carbons (Fsp3) is 0.900. The summed E-state index contributed by atoms with van der Waals surface area (Å²) in [5, 5.41) is 0. The number of nitrogens with zero attached hydrogens (tertiary/aromatic N) is 1. The summed E-state index contributed by atoms with van der Waals surface area (Å²) in [5.41, 5.74) is 0. The lowest BCUT2D eigenvalue weighted by Gasteiger charge is -2.23. The quantitative estimate of drug-likeness (QED) is 0.631. The van der Waals surface area contributed by atoms with E-state index in [1.807, 2.05) is 6.92 Å². The Labute approximate surface area is 73.9 Å². The van der Waals surface area contributed by atoms with Gasteiger partial charge in [0.25, 0.3) is 0 Å². The maximum absolute atomic E-state index is 11.4. The van der Waals surface area contributed by atoms with Crippen molar-refractivity contribution in [3.63, 3.8) is 0 Å². The smallest absolute Gasteiger partial charge is 0.149 e. The third-order valence-corrected chi connectivity index (χ3v) is 3.37. The molecule has 1 aliphatic heterocycles. The number of carbonyl (C=O) groups excluding carboxylic acids is 1. The van der Waals surface area contributed by atoms with Gasteiger partial charge in [0.1, 0.15) is 5.78 Å². The highest BCUT2D eigenvalue weighted by atomic mass is 16.1. The van der Waals surface area contributed by atoms with Crippen LogP contribution in [0.1, 0.15) is 26.7 Å². The van der Waals surface area contributed by atoms with Crippen LogP contribution in [0.4, 0.5) is 0 Å². The Hall–Kier alpha value is -0.370. The second-order valence-corrected chi connectivity index (χ2v) is 4.21. The third kappa shape index (κ3) is 1.28. The molecule has 0 aromatic heterocycles. The summed E-state index contributed by atoms with van der Waals surface area (Å²) in [6.07, 6.45) is 2.11. The number of carbonyl (C=O) groups is 1. The number of rotatable bonds is 3. The predicted molar refractivity (Wildman–Crippen MR) is 47.9 cm³/mol. The zero-order valence-corrected chi connectivity index (χ0v) is 7.92. The van der Waals surface area contributed by atoms with Crippen LogP contribution in [0.5, 0.6) is 0 Å². The van der Waals surface area contributed by atoms with Crippen molar-refractivity contribution in [3.05, 3.63) is 0 Å². The van der Waals surface area contributed by atoms with E-state index in [1.54, 1.807) is 0 Å². The first kappa shape index (κ1) is 8.24. The molecule has 2 heteroatoms. The number of ketones is 1. The summed E-state index contributed by atoms with van der Waals surface area (Å²) in [6, 6.07) is 0.183. The van der Waals surface area contributed by atoms with Gasteiger partial charge in [-0.15, -0.1) is 0 Å². The maximum Gasteiger partial charge on any atom is 0.149 e. The molecule has 0 N–H and O–H groups in total. The van der Waals surface area contributed by atoms with E-state index in [4.69, 9.17) is 0 Å². The number of Topliss-reactive ketones (excluding diaryl/α,β-unsaturated/α-hetero) is 1. The largest absolute Gasteiger partial charge is 0.298 e. The Morgan fingerprint density at radius 2 is 2.08 bits per heavy atom. The molecule has 68 valence electrons. The third-order valence-electron chi connectivity index (χ3n) is 3.37. The van der Waals surface area contributed by atoms with Gasteiger partial charge in [-0.25, -0.2) is 0 Å². The lowest BCUT2D eigenvalue weighted by atomic mass is 10.1. The lowest BCUT2D eigenvalue weighted by molar-refractivity contribution is -0.123. The first-order valence-corrected chi connectivity index (χ1v) is 4.99. The maximum atomic E-state index is 11.4. The summed E-state index contributed by atoms with van der Waals surface area (Å²) < 4.78 is 0. The normalized spacial score (nSPS) is 36.2. The van der Waals surface area contributed by atoms with Gasteiger partial charge in [-0.1, -0.05) is 6.92 Å². The number of fused-ring (bicyclic) bond motifs is 1. The van der Waals surface area contributed by atoms with E-state index in [0.29, 0.717) is 12.2 Å². The molecule has 12 heavy (non-hydrogen) atoms. The molecular weight excluding hydrogens is 150 g/mol. The van der Waals surface area contributed by atoms with Crippen LogP contribution in [0.25, 0.3) is 0 Å². The molecule has 1 saturated heterocycles. The number of hydrogen-bond acceptors (Lipinski definition) is 2. The molecule has 0 bridgehead atoms. The fourth-order valence-corrected chi connectivity index (χ4v) is 2.25. The Morgan fingerprint density at radius 3 is 2.58 bits per heavy atom. The van der Waals surface area contributed by atoms with E-state index in [2.05, 4.69) is 11.8 Å². The van der Waals surface area contributed by atoms with Gasteiger partial charge >= 0.3 is 0 Å². The van der Waals surface area contributed by atoms with E-state index >= 15 is 0 Å². The van der Waals surface area contributed by atoms with E-state index in [1.165, 1.54) is 19.5 Å². The molecule has 3 unspecified atom stereocenters. The first-order valence-electron chi connectivity index (χ1n) is 4.99. The van der Waals surface area contributed by atoms with Gasteiger partial charge in [0.05, 0.1) is 6.04 Å². The summed E-state index contributed by atoms with van der Waals surface area (Å²) in [5.74, 6) is 2.28. The monoisotopic (exact) mass is 167 g/mol. The van der Waals surface area contributed by atoms with Crippen LogP contribution in [-0.4, -0.2) is 29.8 Å². The van der Waals surface area contributed by atoms with Gasteiger partial charge < -0.3 is 0 Å². The fourth-order valence-electron chi connectivity index (χ4n) is 2.25. The Balaban J connectivity index is 1.88. The number of likely N-dealkylation sites (tertiary alicyclic amines) is 1. The second-order valence-electron chi connectivity index (χ2n) is 4.21. The van der Waals surface area contributed by atoms with Crippen LogP contribution >= 0.6 is 0 Å². The highest BCUT2D eigenvalue weighted by Crippen LogP contribution is 2.45. The minimum atomic E-state index is 0.183. The van der Waals surface area contributed by atoms with Gasteiger partial charge in [-0.3, -0.25) is 9.69 Å². The Kier molecular flexibility index (Phi) is 1.95. The standard InChI is InChI=1S/C10H17NO/c1-3-10(12)7(2)11-5-8-4-9(8)6-11/h7-9H,3-6H2,1-2H3. The van der Waals surface area contributed by atoms with E-state index in [0.717, 1.165) is 11.8 Å². The molecule has 0 amide bonds. The summed E-state index contributed by atoms with van der Waals surface area (Å²) in [7, 11) is 0. The molecule has 2 fully saturated rings. The average molecular weight is 167 g/mol. The number of piperidine rings is 1. The minimum Gasteiger partial charge on any atom is -0.298 e. The van der Waals surface area contributed by atoms with Crippen LogP contribution in [-0.2, 0) is 4.79 Å². The molecule has 2 aliphatic rings. The lowest BCUT2D eigenvalue weighted by Crippen LogP contribution is -2.38. The Bertz CT molecular complexity index is 192. The molecule has 1 saturated carbocycles. The molecular formula is C10H17NO. The number of hydrogen-bond donors (Lipinski definition) is 0. The van der Waals surface area contributed by atoms with Gasteiger partial charge in [-0.05, 0) is 25.2 Å². The molecule has 0 aromatic carbocycles. The second kappa shape index (κ2) is 2.84. The topological polar surface area (TPSA) is 20.3 Å². The zero-order chi connectivity index (χ0) is 8.72. The summed E-state index contributed by atoms with van der Waals surface area (Å²) in [4.78, 5) is 13.7. The predicted octanol–water partition coefficient (Wildman–Crippen LogP) is 1.31. The van der Waals surface area contributed by atoms with Gasteiger partial charge in [-0.2, -0.15) is 0 Å². The van der Waals surface area contributed by atoms with Crippen molar-refractivity contribution >= 4 is 5.78 Å². The SMILES string of the molecule is CCC(=O)C(C)N1CC2CC2C1. The molecule has 1 heterocycles. The van der Waals surface area contributed by atoms with E-state index in [-0.39, 0.29) is 6.04 Å². The molecule has 2 nitrogen and oxygen atoms in total. The van der Waals surface area contributed by atoms with E-state index in [9.17, 15) is 4.79 Å². The van der Waals surface area contributed by atoms with Crippen molar-refractivity contribution in [1.82, 2.24) is 4.90 Å². The van der Waals surface area contributed by atoms with Crippen molar-refractivity contribution in [2.24, 2.45) is 11.8 Å². The molecule has 0 radical (unpaired) electrons. The van der Waals surface area contributed by atoms with Crippen molar-refractivity contribution in [3.8, 4) is 0 Å². The van der Waals surface area contributed by atoms with Crippen molar-refractivity contribution in [1.29, 1.82) is 0 Å². The van der Waals surface area contributed by atoms with Crippen LogP contribution < -0.4 is 0 Å². The zero-order valence-electron chi connectivity index (χ0n) is 7.92. The van der Waals surface area contributed by atoms with Crippen molar-refractivity contribution < 1.29 is 4.79 Å². The Morgan fingerprint density at radius 1 is 1.50 bits per heavy atom. The average Bonchev–Trinajstić information content (AvgIpc) is 2.71. The highest BCUT2D eigenvalue weighted by molar-refractivity contribution is 5.83. The van der Waals surface area contributed by atoms with Crippen LogP contribution in [0, 0.1) is 11.8 Å². The van der Waals surface area contributed by atoms with Gasteiger partial charge in [0.2, 0.25) is 0 Å². The summed E-state index contributed by atoms with van der Waals surface area (Å²) in [6.45, 7) is 6.36. The molecule has 1 aliphatic carbocycles. The van der Waals surface area contributed by atoms with Gasteiger partial charge in [0, 0.05) is 19.5 Å². The minimum absolute atomic E-state index is 0.183. The van der Waals surface area contributed by atoms with E-state index < -0.39 is 0 Å². The van der Waals surface area contributed by atoms with Crippen LogP contribution in [0.3, 0.4) is 0 Å². The van der Waals surface area contributed by atoms with Gasteiger partial charge in [0.15, 0.2) is 0 Å². The first-order chi connectivity index (χ1) is 5.72.